The lowest BCUT2D eigenvalue weighted by molar-refractivity contribution is 0.437. The van der Waals surface area contributed by atoms with Crippen LogP contribution in [0.1, 0.15) is 63.9 Å². The van der Waals surface area contributed by atoms with Gasteiger partial charge in [-0.3, -0.25) is 4.55 Å². The van der Waals surface area contributed by atoms with Gasteiger partial charge in [0, 0.05) is 6.07 Å². The number of aromatic hydroxyl groups is 1. The number of ether oxygens (including phenoxy) is 1. The first kappa shape index (κ1) is 22.2. The summed E-state index contributed by atoms with van der Waals surface area (Å²) in [5.41, 5.74) is 0.849. The van der Waals surface area contributed by atoms with Crippen LogP contribution in [-0.2, 0) is 16.5 Å². The zero-order valence-electron chi connectivity index (χ0n) is 16.4. The summed E-state index contributed by atoms with van der Waals surface area (Å²) in [6.07, 6.45) is 10.7. The number of benzene rings is 2. The van der Waals surface area contributed by atoms with Gasteiger partial charge in [-0.05, 0) is 36.6 Å². The summed E-state index contributed by atoms with van der Waals surface area (Å²) >= 11 is 0. The van der Waals surface area contributed by atoms with Crippen LogP contribution in [0.15, 0.2) is 47.4 Å². The molecule has 0 aliphatic heterocycles. The second-order valence-corrected chi connectivity index (χ2v) is 8.43. The highest BCUT2D eigenvalue weighted by molar-refractivity contribution is 7.86. The highest BCUT2D eigenvalue weighted by Crippen LogP contribution is 2.32. The molecule has 0 heterocycles. The maximum Gasteiger partial charge on any atom is 0.298 e. The van der Waals surface area contributed by atoms with E-state index in [1.165, 1.54) is 62.8 Å². The first-order valence-electron chi connectivity index (χ1n) is 9.98. The average molecular weight is 407 g/mol. The molecule has 28 heavy (non-hydrogen) atoms. The minimum absolute atomic E-state index is 0.0141. The molecule has 5 nitrogen and oxygen atoms in total. The van der Waals surface area contributed by atoms with Crippen molar-refractivity contribution in [3.8, 4) is 17.2 Å². The van der Waals surface area contributed by atoms with Gasteiger partial charge in [-0.15, -0.1) is 0 Å². The average Bonchev–Trinajstić information content (AvgIpc) is 2.65. The Balaban J connectivity index is 1.88. The van der Waals surface area contributed by atoms with E-state index in [0.29, 0.717) is 5.75 Å². The smallest absolute Gasteiger partial charge is 0.298 e. The Morgan fingerprint density at radius 2 is 1.54 bits per heavy atom. The van der Waals surface area contributed by atoms with Gasteiger partial charge in [-0.1, -0.05) is 70.1 Å². The first-order chi connectivity index (χ1) is 13.4. The molecule has 2 rings (SSSR count). The van der Waals surface area contributed by atoms with Crippen molar-refractivity contribution in [2.24, 2.45) is 0 Å². The Kier molecular flexibility index (Phi) is 8.80. The molecule has 2 N–H and O–H groups in total. The molecule has 154 valence electrons. The monoisotopic (exact) mass is 406 g/mol. The summed E-state index contributed by atoms with van der Waals surface area (Å²) in [7, 11) is -4.38. The van der Waals surface area contributed by atoms with Crippen molar-refractivity contribution >= 4 is 10.1 Å². The third kappa shape index (κ3) is 7.17. The zero-order valence-corrected chi connectivity index (χ0v) is 17.2. The maximum absolute atomic E-state index is 11.4. The van der Waals surface area contributed by atoms with Gasteiger partial charge in [0.25, 0.3) is 10.1 Å². The number of para-hydroxylation sites is 1. The van der Waals surface area contributed by atoms with Gasteiger partial charge >= 0.3 is 0 Å². The summed E-state index contributed by atoms with van der Waals surface area (Å²) in [5, 5.41) is 10.3. The highest BCUT2D eigenvalue weighted by Gasteiger charge is 2.16. The van der Waals surface area contributed by atoms with E-state index < -0.39 is 10.1 Å². The van der Waals surface area contributed by atoms with Crippen LogP contribution in [0.25, 0.3) is 0 Å². The SMILES string of the molecule is CCCCCCCCCCc1ccc(Oc2ccccc2S(=O)(=O)O)cc1O. The molecule has 0 spiro atoms. The quantitative estimate of drug-likeness (QED) is 0.328. The van der Waals surface area contributed by atoms with E-state index in [0.717, 1.165) is 24.8 Å². The predicted molar refractivity (Wildman–Crippen MR) is 111 cm³/mol. The van der Waals surface area contributed by atoms with Crippen molar-refractivity contribution in [1.29, 1.82) is 0 Å². The molecule has 0 unspecified atom stereocenters. The number of aryl methyl sites for hydroxylation is 1. The van der Waals surface area contributed by atoms with E-state index >= 15 is 0 Å². The molecule has 0 aliphatic carbocycles. The van der Waals surface area contributed by atoms with E-state index in [4.69, 9.17) is 4.74 Å². The van der Waals surface area contributed by atoms with Crippen molar-refractivity contribution < 1.29 is 22.8 Å². The van der Waals surface area contributed by atoms with Crippen LogP contribution in [0.4, 0.5) is 0 Å². The van der Waals surface area contributed by atoms with Crippen LogP contribution in [0.2, 0.25) is 0 Å². The number of rotatable bonds is 12. The molecule has 0 aromatic heterocycles. The number of phenols is 1. The summed E-state index contributed by atoms with van der Waals surface area (Å²) < 4.78 is 37.7. The summed E-state index contributed by atoms with van der Waals surface area (Å²) in [6, 6.07) is 10.8. The molecular formula is C22H30O5S. The standard InChI is InChI=1S/C22H30O5S/c1-2-3-4-5-6-7-8-9-12-18-15-16-19(17-20(18)23)27-21-13-10-11-14-22(21)28(24,25)26/h10-11,13-17,23H,2-9,12H2,1H3,(H,24,25,26). The lowest BCUT2D eigenvalue weighted by Crippen LogP contribution is -2.00. The van der Waals surface area contributed by atoms with Crippen LogP contribution in [0, 0.1) is 0 Å². The minimum atomic E-state index is -4.38. The molecule has 0 aliphatic rings. The van der Waals surface area contributed by atoms with Crippen molar-refractivity contribution in [1.82, 2.24) is 0 Å². The number of hydrogen-bond donors (Lipinski definition) is 2. The van der Waals surface area contributed by atoms with Crippen molar-refractivity contribution in [3.05, 3.63) is 48.0 Å². The molecule has 0 radical (unpaired) electrons. The lowest BCUT2D eigenvalue weighted by Gasteiger charge is -2.11. The molecule has 0 saturated heterocycles. The van der Waals surface area contributed by atoms with E-state index in [2.05, 4.69) is 6.92 Å². The van der Waals surface area contributed by atoms with Crippen LogP contribution in [0.5, 0.6) is 17.2 Å². The number of phenolic OH excluding ortho intramolecular Hbond substituents is 1. The van der Waals surface area contributed by atoms with Crippen LogP contribution in [-0.4, -0.2) is 18.1 Å². The summed E-state index contributed by atoms with van der Waals surface area (Å²) in [6.45, 7) is 2.22. The van der Waals surface area contributed by atoms with Gasteiger partial charge in [0.05, 0.1) is 0 Å². The summed E-state index contributed by atoms with van der Waals surface area (Å²) in [5.74, 6) is 0.457. The maximum atomic E-state index is 11.4. The topological polar surface area (TPSA) is 83.8 Å². The Hall–Kier alpha value is -2.05. The van der Waals surface area contributed by atoms with Gasteiger partial charge in [0.2, 0.25) is 0 Å². The van der Waals surface area contributed by atoms with Gasteiger partial charge in [0.15, 0.2) is 0 Å². The Morgan fingerprint density at radius 1 is 0.893 bits per heavy atom. The highest BCUT2D eigenvalue weighted by atomic mass is 32.2. The van der Waals surface area contributed by atoms with E-state index in [1.54, 1.807) is 18.2 Å². The fourth-order valence-electron chi connectivity index (χ4n) is 3.14. The third-order valence-corrected chi connectivity index (χ3v) is 5.60. The van der Waals surface area contributed by atoms with Crippen LogP contribution < -0.4 is 4.74 Å². The Labute approximate surface area is 168 Å². The zero-order chi connectivity index (χ0) is 20.4. The molecular weight excluding hydrogens is 376 g/mol. The molecule has 0 saturated carbocycles. The normalized spacial score (nSPS) is 11.5. The predicted octanol–water partition coefficient (Wildman–Crippen LogP) is 6.11. The van der Waals surface area contributed by atoms with Crippen LogP contribution in [0.3, 0.4) is 0 Å². The van der Waals surface area contributed by atoms with E-state index in [-0.39, 0.29) is 16.4 Å². The van der Waals surface area contributed by atoms with Gasteiger partial charge in [-0.25, -0.2) is 0 Å². The molecule has 6 heteroatoms. The van der Waals surface area contributed by atoms with Gasteiger partial charge in [0.1, 0.15) is 22.1 Å². The second kappa shape index (κ2) is 11.1. The Morgan fingerprint density at radius 3 is 2.18 bits per heavy atom. The molecule has 2 aromatic carbocycles. The molecule has 2 aromatic rings. The molecule has 0 atom stereocenters. The van der Waals surface area contributed by atoms with Gasteiger partial charge in [-0.2, -0.15) is 8.42 Å². The third-order valence-electron chi connectivity index (χ3n) is 4.71. The minimum Gasteiger partial charge on any atom is -0.508 e. The molecule has 0 amide bonds. The fraction of sp³-hybridized carbons (Fsp3) is 0.455. The van der Waals surface area contributed by atoms with Crippen molar-refractivity contribution in [2.45, 2.75) is 69.6 Å². The Bertz CT molecular complexity index is 846. The molecule has 0 bridgehead atoms. The van der Waals surface area contributed by atoms with Crippen molar-refractivity contribution in [3.63, 3.8) is 0 Å². The lowest BCUT2D eigenvalue weighted by atomic mass is 10.0. The fourth-order valence-corrected chi connectivity index (χ4v) is 3.76. The number of hydrogen-bond acceptors (Lipinski definition) is 4. The summed E-state index contributed by atoms with van der Waals surface area (Å²) in [4.78, 5) is -0.308. The second-order valence-electron chi connectivity index (χ2n) is 7.04. The largest absolute Gasteiger partial charge is 0.508 e. The van der Waals surface area contributed by atoms with Gasteiger partial charge < -0.3 is 9.84 Å². The van der Waals surface area contributed by atoms with Crippen LogP contribution >= 0.6 is 0 Å². The first-order valence-corrected chi connectivity index (χ1v) is 11.4. The van der Waals surface area contributed by atoms with Crippen molar-refractivity contribution in [2.75, 3.05) is 0 Å². The number of unbranched alkanes of at least 4 members (excludes halogenated alkanes) is 7. The van der Waals surface area contributed by atoms with E-state index in [9.17, 15) is 18.1 Å². The van der Waals surface area contributed by atoms with E-state index in [1.807, 2.05) is 0 Å². The molecule has 0 fully saturated rings.